The van der Waals surface area contributed by atoms with Gasteiger partial charge >= 0.3 is 5.97 Å². The first-order valence-corrected chi connectivity index (χ1v) is 8.72. The molecule has 1 atom stereocenters. The molecule has 142 valence electrons. The Labute approximate surface area is 161 Å². The second-order valence-electron chi connectivity index (χ2n) is 6.06. The van der Waals surface area contributed by atoms with Gasteiger partial charge in [-0.1, -0.05) is 11.6 Å². The summed E-state index contributed by atoms with van der Waals surface area (Å²) < 4.78 is 21.1. The van der Waals surface area contributed by atoms with E-state index in [1.165, 1.54) is 14.2 Å². The number of methoxy groups -OCH3 is 2. The van der Waals surface area contributed by atoms with E-state index in [0.29, 0.717) is 34.3 Å². The number of rotatable bonds is 6. The minimum absolute atomic E-state index is 0.202. The van der Waals surface area contributed by atoms with Gasteiger partial charge in [-0.3, -0.25) is 9.59 Å². The number of hydrogen-bond acceptors (Lipinski definition) is 6. The standard InChI is InChI=1S/C20H19ClO6/c1-24-15-4-5-16(19(9-15)25-2)17(22)11-27-20(23)13-7-12-8-14(21)3-6-18(12)26-10-13/h3-6,8-9,13H,7,10-11H2,1-2H3/t13-/m1/s1. The van der Waals surface area contributed by atoms with Gasteiger partial charge in [0.25, 0.3) is 0 Å². The van der Waals surface area contributed by atoms with Crippen molar-refractivity contribution in [2.24, 2.45) is 5.92 Å². The van der Waals surface area contributed by atoms with Crippen molar-refractivity contribution >= 4 is 23.4 Å². The molecule has 0 aromatic heterocycles. The Kier molecular flexibility index (Phi) is 5.86. The van der Waals surface area contributed by atoms with Crippen LogP contribution in [0.3, 0.4) is 0 Å². The Morgan fingerprint density at radius 2 is 1.96 bits per heavy atom. The molecule has 3 rings (SSSR count). The number of hydrogen-bond donors (Lipinski definition) is 0. The van der Waals surface area contributed by atoms with Crippen molar-refractivity contribution in [3.05, 3.63) is 52.5 Å². The molecule has 0 aliphatic carbocycles. The summed E-state index contributed by atoms with van der Waals surface area (Å²) in [7, 11) is 2.98. The third-order valence-corrected chi connectivity index (χ3v) is 4.55. The summed E-state index contributed by atoms with van der Waals surface area (Å²) in [5, 5.41) is 0.577. The monoisotopic (exact) mass is 390 g/mol. The van der Waals surface area contributed by atoms with Gasteiger partial charge in [-0.25, -0.2) is 0 Å². The second-order valence-corrected chi connectivity index (χ2v) is 6.50. The van der Waals surface area contributed by atoms with E-state index in [4.69, 9.17) is 30.5 Å². The van der Waals surface area contributed by atoms with Gasteiger partial charge in [0.2, 0.25) is 5.78 Å². The zero-order valence-electron chi connectivity index (χ0n) is 15.0. The van der Waals surface area contributed by atoms with E-state index in [2.05, 4.69) is 0 Å². The van der Waals surface area contributed by atoms with Gasteiger partial charge in [0.1, 0.15) is 23.9 Å². The Bertz CT molecular complexity index is 864. The van der Waals surface area contributed by atoms with Crippen LogP contribution in [0.15, 0.2) is 36.4 Å². The molecular weight excluding hydrogens is 372 g/mol. The first kappa shape index (κ1) is 19.0. The summed E-state index contributed by atoms with van der Waals surface area (Å²) in [6.45, 7) is -0.173. The molecule has 0 radical (unpaired) electrons. The van der Waals surface area contributed by atoms with Gasteiger partial charge in [-0.05, 0) is 42.3 Å². The molecule has 2 aromatic rings. The lowest BCUT2D eigenvalue weighted by atomic mass is 9.97. The highest BCUT2D eigenvalue weighted by Crippen LogP contribution is 2.30. The number of carbonyl (C=O) groups excluding carboxylic acids is 2. The van der Waals surface area contributed by atoms with Gasteiger partial charge in [0.05, 0.1) is 25.7 Å². The third-order valence-electron chi connectivity index (χ3n) is 4.32. The average Bonchev–Trinajstić information content (AvgIpc) is 2.70. The lowest BCUT2D eigenvalue weighted by Crippen LogP contribution is -2.31. The normalized spacial score (nSPS) is 15.3. The maximum atomic E-state index is 12.4. The first-order chi connectivity index (χ1) is 13.0. The van der Waals surface area contributed by atoms with E-state index < -0.39 is 11.9 Å². The van der Waals surface area contributed by atoms with Gasteiger partial charge in [0, 0.05) is 11.1 Å². The summed E-state index contributed by atoms with van der Waals surface area (Å²) in [5.74, 6) is 0.311. The smallest absolute Gasteiger partial charge is 0.313 e. The van der Waals surface area contributed by atoms with Crippen molar-refractivity contribution in [2.45, 2.75) is 6.42 Å². The fraction of sp³-hybridized carbons (Fsp3) is 0.300. The lowest BCUT2D eigenvalue weighted by molar-refractivity contribution is -0.148. The molecule has 0 spiro atoms. The highest BCUT2D eigenvalue weighted by Gasteiger charge is 2.28. The maximum absolute atomic E-state index is 12.4. The quantitative estimate of drug-likeness (QED) is 0.556. The first-order valence-electron chi connectivity index (χ1n) is 8.35. The summed E-state index contributed by atoms with van der Waals surface area (Å²) >= 11 is 5.99. The van der Waals surface area contributed by atoms with Gasteiger partial charge in [0.15, 0.2) is 6.61 Å². The fourth-order valence-electron chi connectivity index (χ4n) is 2.88. The highest BCUT2D eigenvalue weighted by molar-refractivity contribution is 6.30. The van der Waals surface area contributed by atoms with Crippen LogP contribution in [0, 0.1) is 5.92 Å². The molecule has 2 aromatic carbocycles. The van der Waals surface area contributed by atoms with Crippen LogP contribution in [-0.4, -0.2) is 39.2 Å². The van der Waals surface area contributed by atoms with E-state index in [1.54, 1.807) is 36.4 Å². The fourth-order valence-corrected chi connectivity index (χ4v) is 3.07. The van der Waals surface area contributed by atoms with Crippen molar-refractivity contribution in [3.8, 4) is 17.2 Å². The van der Waals surface area contributed by atoms with E-state index >= 15 is 0 Å². The summed E-state index contributed by atoms with van der Waals surface area (Å²) in [4.78, 5) is 24.8. The molecule has 1 aliphatic rings. The Hall–Kier alpha value is -2.73. The van der Waals surface area contributed by atoms with Crippen LogP contribution in [0.5, 0.6) is 17.2 Å². The lowest BCUT2D eigenvalue weighted by Gasteiger charge is -2.24. The zero-order chi connectivity index (χ0) is 19.4. The van der Waals surface area contributed by atoms with Crippen molar-refractivity contribution in [1.82, 2.24) is 0 Å². The number of fused-ring (bicyclic) bond motifs is 1. The maximum Gasteiger partial charge on any atom is 0.313 e. The van der Waals surface area contributed by atoms with Gasteiger partial charge in [-0.15, -0.1) is 0 Å². The Morgan fingerprint density at radius 3 is 2.70 bits per heavy atom. The van der Waals surface area contributed by atoms with Crippen LogP contribution in [0.25, 0.3) is 0 Å². The molecular formula is C20H19ClO6. The van der Waals surface area contributed by atoms with Gasteiger partial charge in [-0.2, -0.15) is 0 Å². The van der Waals surface area contributed by atoms with E-state index in [0.717, 1.165) is 5.56 Å². The Morgan fingerprint density at radius 1 is 1.15 bits per heavy atom. The molecule has 0 saturated heterocycles. The van der Waals surface area contributed by atoms with E-state index in [9.17, 15) is 9.59 Å². The number of esters is 1. The molecule has 0 bridgehead atoms. The van der Waals surface area contributed by atoms with Crippen LogP contribution in [0.2, 0.25) is 5.02 Å². The molecule has 1 aliphatic heterocycles. The molecule has 7 heteroatoms. The Balaban J connectivity index is 1.62. The SMILES string of the molecule is COc1ccc(C(=O)COC(=O)[C@H]2COc3ccc(Cl)cc3C2)c(OC)c1. The molecule has 0 unspecified atom stereocenters. The van der Waals surface area contributed by atoms with Crippen molar-refractivity contribution < 1.29 is 28.5 Å². The van der Waals surface area contributed by atoms with Gasteiger partial charge < -0.3 is 18.9 Å². The largest absolute Gasteiger partial charge is 0.497 e. The minimum atomic E-state index is -0.485. The van der Waals surface area contributed by atoms with Crippen LogP contribution in [0.1, 0.15) is 15.9 Å². The third kappa shape index (κ3) is 4.34. The van der Waals surface area contributed by atoms with Crippen LogP contribution in [0.4, 0.5) is 0 Å². The number of carbonyl (C=O) groups is 2. The predicted molar refractivity (Wildman–Crippen MR) is 99.0 cm³/mol. The van der Waals surface area contributed by atoms with Crippen molar-refractivity contribution in [2.75, 3.05) is 27.4 Å². The topological polar surface area (TPSA) is 71.1 Å². The van der Waals surface area contributed by atoms with E-state index in [-0.39, 0.29) is 19.0 Å². The van der Waals surface area contributed by atoms with Crippen LogP contribution >= 0.6 is 11.6 Å². The van der Waals surface area contributed by atoms with Crippen molar-refractivity contribution in [1.29, 1.82) is 0 Å². The average molecular weight is 391 g/mol. The van der Waals surface area contributed by atoms with Crippen LogP contribution in [-0.2, 0) is 16.0 Å². The number of benzene rings is 2. The number of ether oxygens (including phenoxy) is 4. The zero-order valence-corrected chi connectivity index (χ0v) is 15.7. The number of ketones is 1. The molecule has 0 amide bonds. The molecule has 0 fully saturated rings. The summed E-state index contributed by atoms with van der Waals surface area (Å²) in [6, 6.07) is 10.1. The predicted octanol–water partition coefficient (Wildman–Crippen LogP) is 3.33. The molecule has 1 heterocycles. The summed E-state index contributed by atoms with van der Waals surface area (Å²) in [6.07, 6.45) is 0.453. The molecule has 6 nitrogen and oxygen atoms in total. The van der Waals surface area contributed by atoms with E-state index in [1.807, 2.05) is 0 Å². The highest BCUT2D eigenvalue weighted by atomic mass is 35.5. The molecule has 27 heavy (non-hydrogen) atoms. The minimum Gasteiger partial charge on any atom is -0.497 e. The number of halogens is 1. The van der Waals surface area contributed by atoms with Crippen molar-refractivity contribution in [3.63, 3.8) is 0 Å². The number of Topliss-reactive ketones (excluding diaryl/α,β-unsaturated/α-hetero) is 1. The molecule has 0 N–H and O–H groups in total. The molecule has 0 saturated carbocycles. The van der Waals surface area contributed by atoms with Crippen LogP contribution < -0.4 is 14.2 Å². The second kappa shape index (κ2) is 8.31. The summed E-state index contributed by atoms with van der Waals surface area (Å²) in [5.41, 5.74) is 1.17.